The van der Waals surface area contributed by atoms with Gasteiger partial charge in [-0.3, -0.25) is 4.90 Å². The van der Waals surface area contributed by atoms with Gasteiger partial charge in [-0.1, -0.05) is 29.8 Å². The van der Waals surface area contributed by atoms with Gasteiger partial charge in [0.2, 0.25) is 0 Å². The van der Waals surface area contributed by atoms with Crippen LogP contribution in [0, 0.1) is 13.8 Å². The molecule has 1 aliphatic heterocycles. The highest BCUT2D eigenvalue weighted by atomic mass is 35.5. The van der Waals surface area contributed by atoms with E-state index < -0.39 is 0 Å². The van der Waals surface area contributed by atoms with Crippen LogP contribution in [0.3, 0.4) is 0 Å². The number of hydrogen-bond acceptors (Lipinski definition) is 2. The van der Waals surface area contributed by atoms with Crippen LogP contribution in [0.2, 0.25) is 5.02 Å². The van der Waals surface area contributed by atoms with Crippen molar-refractivity contribution in [1.82, 2.24) is 4.90 Å². The van der Waals surface area contributed by atoms with E-state index in [9.17, 15) is 0 Å². The molecule has 1 heterocycles. The first-order valence-electron chi connectivity index (χ1n) is 7.65. The maximum absolute atomic E-state index is 6.32. The van der Waals surface area contributed by atoms with E-state index in [-0.39, 0.29) is 6.04 Å². The van der Waals surface area contributed by atoms with Crippen LogP contribution in [0.5, 0.6) is 5.75 Å². The van der Waals surface area contributed by atoms with Crippen molar-refractivity contribution in [2.24, 2.45) is 0 Å². The molecule has 0 saturated heterocycles. The van der Waals surface area contributed by atoms with Crippen LogP contribution < -0.4 is 4.74 Å². The molecule has 0 aromatic heterocycles. The Balaban J connectivity index is 2.21. The van der Waals surface area contributed by atoms with Gasteiger partial charge in [-0.05, 0) is 67.3 Å². The SMILES string of the molecule is COc1cc2c(cc1Cl)CCN(C)C2c1c(C)cccc1C. The van der Waals surface area contributed by atoms with Gasteiger partial charge in [-0.15, -0.1) is 0 Å². The maximum Gasteiger partial charge on any atom is 0.137 e. The summed E-state index contributed by atoms with van der Waals surface area (Å²) in [5, 5.41) is 0.700. The molecule has 1 aliphatic rings. The zero-order valence-electron chi connectivity index (χ0n) is 13.6. The zero-order chi connectivity index (χ0) is 15.9. The largest absolute Gasteiger partial charge is 0.495 e. The molecule has 3 heteroatoms. The average Bonchev–Trinajstić information content (AvgIpc) is 2.49. The van der Waals surface area contributed by atoms with Crippen LogP contribution in [0.25, 0.3) is 0 Å². The predicted octanol–water partition coefficient (Wildman–Crippen LogP) is 4.54. The van der Waals surface area contributed by atoms with E-state index in [2.05, 4.69) is 56.1 Å². The molecule has 0 bridgehead atoms. The minimum Gasteiger partial charge on any atom is -0.495 e. The highest BCUT2D eigenvalue weighted by Gasteiger charge is 2.29. The lowest BCUT2D eigenvalue weighted by Gasteiger charge is -2.37. The van der Waals surface area contributed by atoms with E-state index in [1.807, 2.05) is 0 Å². The first kappa shape index (κ1) is 15.4. The monoisotopic (exact) mass is 315 g/mol. The van der Waals surface area contributed by atoms with E-state index in [4.69, 9.17) is 16.3 Å². The van der Waals surface area contributed by atoms with Crippen LogP contribution in [0.4, 0.5) is 0 Å². The minimum absolute atomic E-state index is 0.260. The Morgan fingerprint density at radius 3 is 2.50 bits per heavy atom. The van der Waals surface area contributed by atoms with Crippen LogP contribution in [-0.4, -0.2) is 25.6 Å². The maximum atomic E-state index is 6.32. The molecule has 1 unspecified atom stereocenters. The molecular weight excluding hydrogens is 294 g/mol. The van der Waals surface area contributed by atoms with Crippen LogP contribution in [-0.2, 0) is 6.42 Å². The van der Waals surface area contributed by atoms with Crippen molar-refractivity contribution in [3.05, 3.63) is 63.2 Å². The first-order chi connectivity index (χ1) is 10.5. The summed E-state index contributed by atoms with van der Waals surface area (Å²) in [5.74, 6) is 0.756. The minimum atomic E-state index is 0.260. The Labute approximate surface area is 137 Å². The average molecular weight is 316 g/mol. The fourth-order valence-electron chi connectivity index (χ4n) is 3.54. The Morgan fingerprint density at radius 2 is 1.86 bits per heavy atom. The van der Waals surface area contributed by atoms with Gasteiger partial charge in [0.1, 0.15) is 5.75 Å². The number of halogens is 1. The number of fused-ring (bicyclic) bond motifs is 1. The molecule has 0 radical (unpaired) electrons. The van der Waals surface area contributed by atoms with E-state index in [0.717, 1.165) is 18.7 Å². The molecule has 0 aliphatic carbocycles. The smallest absolute Gasteiger partial charge is 0.137 e. The third-order valence-corrected chi connectivity index (χ3v) is 4.99. The molecule has 116 valence electrons. The van der Waals surface area contributed by atoms with Crippen molar-refractivity contribution < 1.29 is 4.74 Å². The molecule has 0 N–H and O–H groups in total. The number of rotatable bonds is 2. The van der Waals surface area contributed by atoms with E-state index in [1.165, 1.54) is 27.8 Å². The fourth-order valence-corrected chi connectivity index (χ4v) is 3.80. The number of likely N-dealkylation sites (N-methyl/N-ethyl adjacent to an activating group) is 1. The lowest BCUT2D eigenvalue weighted by atomic mass is 9.84. The summed E-state index contributed by atoms with van der Waals surface area (Å²) in [6.07, 6.45) is 1.02. The normalized spacial score (nSPS) is 18.1. The third-order valence-electron chi connectivity index (χ3n) is 4.70. The lowest BCUT2D eigenvalue weighted by molar-refractivity contribution is 0.262. The molecule has 1 atom stereocenters. The number of aryl methyl sites for hydroxylation is 2. The summed E-state index contributed by atoms with van der Waals surface area (Å²) >= 11 is 6.32. The lowest BCUT2D eigenvalue weighted by Crippen LogP contribution is -2.33. The van der Waals surface area contributed by atoms with Crippen LogP contribution in [0.15, 0.2) is 30.3 Å². The Kier molecular flexibility index (Phi) is 4.16. The molecule has 2 aromatic rings. The standard InChI is InChI=1S/C19H22ClNO/c1-12-6-5-7-13(2)18(12)19-15-11-17(22-4)16(20)10-14(15)8-9-21(19)3/h5-7,10-11,19H,8-9H2,1-4H3. The quantitative estimate of drug-likeness (QED) is 0.806. The topological polar surface area (TPSA) is 12.5 Å². The van der Waals surface area contributed by atoms with Gasteiger partial charge in [0, 0.05) is 6.54 Å². The van der Waals surface area contributed by atoms with Crippen molar-refractivity contribution >= 4 is 11.6 Å². The molecule has 0 amide bonds. The summed E-state index contributed by atoms with van der Waals surface area (Å²) in [7, 11) is 3.87. The Hall–Kier alpha value is -1.51. The van der Waals surface area contributed by atoms with Gasteiger partial charge in [-0.2, -0.15) is 0 Å². The van der Waals surface area contributed by atoms with Gasteiger partial charge < -0.3 is 4.74 Å². The van der Waals surface area contributed by atoms with E-state index in [0.29, 0.717) is 5.02 Å². The second-order valence-electron chi connectivity index (χ2n) is 6.12. The Morgan fingerprint density at radius 1 is 1.18 bits per heavy atom. The van der Waals surface area contributed by atoms with Crippen molar-refractivity contribution in [3.63, 3.8) is 0 Å². The van der Waals surface area contributed by atoms with Crippen molar-refractivity contribution in [2.75, 3.05) is 20.7 Å². The highest BCUT2D eigenvalue weighted by Crippen LogP contribution is 2.41. The van der Waals surface area contributed by atoms with Crippen molar-refractivity contribution in [2.45, 2.75) is 26.3 Å². The third kappa shape index (κ3) is 2.51. The van der Waals surface area contributed by atoms with Crippen LogP contribution in [0.1, 0.15) is 33.9 Å². The Bertz CT molecular complexity index is 691. The molecule has 0 saturated carbocycles. The molecule has 22 heavy (non-hydrogen) atoms. The molecule has 2 aromatic carbocycles. The zero-order valence-corrected chi connectivity index (χ0v) is 14.4. The second-order valence-corrected chi connectivity index (χ2v) is 6.53. The van der Waals surface area contributed by atoms with Gasteiger partial charge >= 0.3 is 0 Å². The van der Waals surface area contributed by atoms with Crippen LogP contribution >= 0.6 is 11.6 Å². The summed E-state index contributed by atoms with van der Waals surface area (Å²) < 4.78 is 5.44. The number of nitrogens with zero attached hydrogens (tertiary/aromatic N) is 1. The van der Waals surface area contributed by atoms with E-state index in [1.54, 1.807) is 7.11 Å². The fraction of sp³-hybridized carbons (Fsp3) is 0.368. The molecule has 0 fully saturated rings. The first-order valence-corrected chi connectivity index (χ1v) is 8.03. The molecule has 3 rings (SSSR count). The van der Waals surface area contributed by atoms with Gasteiger partial charge in [0.25, 0.3) is 0 Å². The van der Waals surface area contributed by atoms with Crippen molar-refractivity contribution in [1.29, 1.82) is 0 Å². The van der Waals surface area contributed by atoms with Gasteiger partial charge in [0.15, 0.2) is 0 Å². The highest BCUT2D eigenvalue weighted by molar-refractivity contribution is 6.32. The molecular formula is C19H22ClNO. The predicted molar refractivity (Wildman–Crippen MR) is 92.1 cm³/mol. The molecule has 0 spiro atoms. The second kappa shape index (κ2) is 5.94. The number of ether oxygens (including phenoxy) is 1. The number of benzene rings is 2. The number of hydrogen-bond donors (Lipinski definition) is 0. The van der Waals surface area contributed by atoms with E-state index >= 15 is 0 Å². The summed E-state index contributed by atoms with van der Waals surface area (Å²) in [5.41, 5.74) is 6.71. The number of methoxy groups -OCH3 is 1. The molecule has 2 nitrogen and oxygen atoms in total. The van der Waals surface area contributed by atoms with Gasteiger partial charge in [-0.25, -0.2) is 0 Å². The summed E-state index contributed by atoms with van der Waals surface area (Å²) in [6.45, 7) is 5.42. The summed E-state index contributed by atoms with van der Waals surface area (Å²) in [4.78, 5) is 2.42. The van der Waals surface area contributed by atoms with Gasteiger partial charge in [0.05, 0.1) is 18.2 Å². The summed E-state index contributed by atoms with van der Waals surface area (Å²) in [6, 6.07) is 11.0. The van der Waals surface area contributed by atoms with Crippen molar-refractivity contribution in [3.8, 4) is 5.75 Å².